The van der Waals surface area contributed by atoms with Crippen molar-refractivity contribution in [3.05, 3.63) is 81.8 Å². The van der Waals surface area contributed by atoms with Crippen LogP contribution in [0.25, 0.3) is 0 Å². The SMILES string of the molecule is COc1cc(F)c([C@@H]2CN(c3cccn(CCO)c3=O)C(=O)[C@H]2NC(=O)NC2COc3cc(OC)ccc3C2(C)C)c(F)c1. The van der Waals surface area contributed by atoms with Gasteiger partial charge in [-0.25, -0.2) is 13.6 Å². The number of benzene rings is 2. The van der Waals surface area contributed by atoms with Crippen molar-refractivity contribution < 1.29 is 37.7 Å². The molecule has 0 aliphatic carbocycles. The summed E-state index contributed by atoms with van der Waals surface area (Å²) in [4.78, 5) is 41.5. The summed E-state index contributed by atoms with van der Waals surface area (Å²) in [6.45, 7) is 3.36. The molecule has 2 aliphatic heterocycles. The number of fused-ring (bicyclic) bond motifs is 1. The molecule has 2 aliphatic rings. The second-order valence-corrected chi connectivity index (χ2v) is 11.2. The zero-order valence-electron chi connectivity index (χ0n) is 24.7. The molecule has 1 aromatic heterocycles. The number of aliphatic hydroxyl groups excluding tert-OH is 1. The molecule has 234 valence electrons. The van der Waals surface area contributed by atoms with Crippen molar-refractivity contribution >= 4 is 17.6 Å². The first-order valence-corrected chi connectivity index (χ1v) is 14.0. The number of hydrogen-bond donors (Lipinski definition) is 3. The van der Waals surface area contributed by atoms with Gasteiger partial charge in [0.15, 0.2) is 0 Å². The highest BCUT2D eigenvalue weighted by atomic mass is 19.1. The highest BCUT2D eigenvalue weighted by Gasteiger charge is 2.47. The van der Waals surface area contributed by atoms with Crippen LogP contribution >= 0.6 is 0 Å². The molecule has 44 heavy (non-hydrogen) atoms. The molecule has 3 amide bonds. The van der Waals surface area contributed by atoms with Gasteiger partial charge in [-0.05, 0) is 18.2 Å². The van der Waals surface area contributed by atoms with Crippen LogP contribution in [0.4, 0.5) is 19.3 Å². The smallest absolute Gasteiger partial charge is 0.315 e. The number of ether oxygens (including phenoxy) is 3. The number of halogens is 2. The van der Waals surface area contributed by atoms with Gasteiger partial charge in [0.05, 0.1) is 26.9 Å². The van der Waals surface area contributed by atoms with Gasteiger partial charge in [-0.2, -0.15) is 0 Å². The van der Waals surface area contributed by atoms with E-state index in [1.807, 2.05) is 19.9 Å². The molecule has 3 N–H and O–H groups in total. The van der Waals surface area contributed by atoms with E-state index in [2.05, 4.69) is 10.6 Å². The van der Waals surface area contributed by atoms with Gasteiger partial charge in [0.25, 0.3) is 11.5 Å². The first-order valence-electron chi connectivity index (χ1n) is 14.0. The maximum absolute atomic E-state index is 15.3. The number of amides is 3. The van der Waals surface area contributed by atoms with E-state index in [0.29, 0.717) is 11.5 Å². The van der Waals surface area contributed by atoms with Crippen molar-refractivity contribution in [2.24, 2.45) is 0 Å². The summed E-state index contributed by atoms with van der Waals surface area (Å²) in [5, 5.41) is 14.8. The summed E-state index contributed by atoms with van der Waals surface area (Å²) in [6, 6.07) is 7.60. The molecule has 1 saturated heterocycles. The maximum Gasteiger partial charge on any atom is 0.315 e. The molecule has 2 aromatic carbocycles. The maximum atomic E-state index is 15.3. The van der Waals surface area contributed by atoms with E-state index < -0.39 is 58.1 Å². The quantitative estimate of drug-likeness (QED) is 0.357. The molecular formula is C31H34F2N4O7. The summed E-state index contributed by atoms with van der Waals surface area (Å²) in [6.07, 6.45) is 1.45. The second kappa shape index (κ2) is 12.2. The Bertz CT molecular complexity index is 1620. The van der Waals surface area contributed by atoms with E-state index in [4.69, 9.17) is 14.2 Å². The fourth-order valence-corrected chi connectivity index (χ4v) is 5.83. The van der Waals surface area contributed by atoms with Crippen LogP contribution < -0.4 is 35.3 Å². The van der Waals surface area contributed by atoms with Crippen LogP contribution in [0.5, 0.6) is 17.2 Å². The van der Waals surface area contributed by atoms with Crippen molar-refractivity contribution in [2.45, 2.75) is 43.8 Å². The standard InChI is InChI=1S/C31H34F2N4O7/c1-31(2)20-8-7-17(42-3)14-24(20)44-16-25(31)34-30(41)35-27-19(26-21(32)12-18(43-4)13-22(26)33)15-37(29(27)40)23-6-5-9-36(10-11-38)28(23)39/h5-9,12-14,19,25,27,38H,10-11,15-16H2,1-4H3,(H2,34,35,41)/t19-,25?,27-/m0/s1. The Balaban J connectivity index is 1.45. The van der Waals surface area contributed by atoms with Gasteiger partial charge in [-0.3, -0.25) is 9.59 Å². The fraction of sp³-hybridized carbons (Fsp3) is 0.387. The minimum absolute atomic E-state index is 0.0148. The molecule has 3 heterocycles. The molecule has 0 spiro atoms. The van der Waals surface area contributed by atoms with Crippen LogP contribution in [0.15, 0.2) is 53.5 Å². The Hall–Kier alpha value is -4.65. The monoisotopic (exact) mass is 612 g/mol. The van der Waals surface area contributed by atoms with E-state index in [1.165, 1.54) is 30.0 Å². The average Bonchev–Trinajstić information content (AvgIpc) is 3.29. The molecule has 13 heteroatoms. The molecule has 0 saturated carbocycles. The molecule has 3 atom stereocenters. The highest BCUT2D eigenvalue weighted by molar-refractivity contribution is 6.02. The molecule has 3 aromatic rings. The lowest BCUT2D eigenvalue weighted by Gasteiger charge is -2.40. The highest BCUT2D eigenvalue weighted by Crippen LogP contribution is 2.40. The number of methoxy groups -OCH3 is 2. The predicted octanol–water partition coefficient (Wildman–Crippen LogP) is 2.67. The zero-order valence-corrected chi connectivity index (χ0v) is 24.7. The third kappa shape index (κ3) is 5.54. The number of anilines is 1. The van der Waals surface area contributed by atoms with E-state index >= 15 is 8.78 Å². The lowest BCUT2D eigenvalue weighted by molar-refractivity contribution is -0.118. The van der Waals surface area contributed by atoms with Crippen LogP contribution in [0.1, 0.15) is 30.9 Å². The molecular weight excluding hydrogens is 578 g/mol. The van der Waals surface area contributed by atoms with E-state index in [0.717, 1.165) is 22.6 Å². The summed E-state index contributed by atoms with van der Waals surface area (Å²) in [5.41, 5.74) is -0.822. The van der Waals surface area contributed by atoms with Gasteiger partial charge in [0.2, 0.25) is 0 Å². The summed E-state index contributed by atoms with van der Waals surface area (Å²) in [5.74, 6) is -2.67. The van der Waals surface area contributed by atoms with E-state index in [1.54, 1.807) is 19.2 Å². The van der Waals surface area contributed by atoms with Crippen molar-refractivity contribution in [1.29, 1.82) is 0 Å². The Morgan fingerprint density at radius 1 is 1.07 bits per heavy atom. The van der Waals surface area contributed by atoms with Crippen LogP contribution in [-0.2, 0) is 16.8 Å². The number of carbonyl (C=O) groups excluding carboxylic acids is 2. The zero-order chi connectivity index (χ0) is 31.8. The third-order valence-corrected chi connectivity index (χ3v) is 8.36. The number of nitrogens with one attached hydrogen (secondary N) is 2. The molecule has 0 bridgehead atoms. The summed E-state index contributed by atoms with van der Waals surface area (Å²) < 4.78 is 48.0. The van der Waals surface area contributed by atoms with Crippen molar-refractivity contribution in [3.63, 3.8) is 0 Å². The lowest BCUT2D eigenvalue weighted by Crippen LogP contribution is -2.58. The Morgan fingerprint density at radius 3 is 2.43 bits per heavy atom. The number of aromatic nitrogens is 1. The number of rotatable bonds is 8. The van der Waals surface area contributed by atoms with Gasteiger partial charge < -0.3 is 39.4 Å². The number of nitrogens with zero attached hydrogens (tertiary/aromatic N) is 2. The number of pyridine rings is 1. The Labute approximate surface area is 252 Å². The number of carbonyl (C=O) groups is 2. The van der Waals surface area contributed by atoms with Crippen LogP contribution in [-0.4, -0.2) is 67.7 Å². The second-order valence-electron chi connectivity index (χ2n) is 11.2. The van der Waals surface area contributed by atoms with Crippen molar-refractivity contribution in [3.8, 4) is 17.2 Å². The van der Waals surface area contributed by atoms with Gasteiger partial charge in [-0.15, -0.1) is 0 Å². The fourth-order valence-electron chi connectivity index (χ4n) is 5.83. The molecule has 5 rings (SSSR count). The summed E-state index contributed by atoms with van der Waals surface area (Å²) in [7, 11) is 2.82. The predicted molar refractivity (Wildman–Crippen MR) is 157 cm³/mol. The lowest BCUT2D eigenvalue weighted by atomic mass is 9.76. The number of hydrogen-bond acceptors (Lipinski definition) is 7. The van der Waals surface area contributed by atoms with Gasteiger partial charge in [-0.1, -0.05) is 19.9 Å². The van der Waals surface area contributed by atoms with E-state index in [9.17, 15) is 19.5 Å². The first-order chi connectivity index (χ1) is 21.0. The van der Waals surface area contributed by atoms with Gasteiger partial charge in [0.1, 0.15) is 47.2 Å². The topological polar surface area (TPSA) is 131 Å². The van der Waals surface area contributed by atoms with Gasteiger partial charge >= 0.3 is 6.03 Å². The minimum Gasteiger partial charge on any atom is -0.497 e. The van der Waals surface area contributed by atoms with Crippen LogP contribution in [0.2, 0.25) is 0 Å². The first kappa shape index (κ1) is 30.8. The number of urea groups is 1. The molecule has 1 fully saturated rings. The van der Waals surface area contributed by atoms with E-state index in [-0.39, 0.29) is 37.7 Å². The van der Waals surface area contributed by atoms with Crippen molar-refractivity contribution in [1.82, 2.24) is 15.2 Å². The van der Waals surface area contributed by atoms with Gasteiger partial charge in [0, 0.05) is 59.9 Å². The Morgan fingerprint density at radius 2 is 1.77 bits per heavy atom. The molecule has 0 radical (unpaired) electrons. The minimum atomic E-state index is -1.43. The largest absolute Gasteiger partial charge is 0.497 e. The molecule has 1 unspecified atom stereocenters. The Kier molecular flexibility index (Phi) is 8.51. The molecule has 11 nitrogen and oxygen atoms in total. The average molecular weight is 613 g/mol. The van der Waals surface area contributed by atoms with Crippen LogP contribution in [0, 0.1) is 11.6 Å². The van der Waals surface area contributed by atoms with Crippen molar-refractivity contribution in [2.75, 3.05) is 38.9 Å². The number of aliphatic hydroxyl groups is 1. The third-order valence-electron chi connectivity index (χ3n) is 8.36. The normalized spacial score (nSPS) is 20.5. The summed E-state index contributed by atoms with van der Waals surface area (Å²) >= 11 is 0. The van der Waals surface area contributed by atoms with Crippen LogP contribution in [0.3, 0.4) is 0 Å².